The number of carboxylic acids is 1. The van der Waals surface area contributed by atoms with Gasteiger partial charge in [-0.15, -0.1) is 0 Å². The molecule has 5 heteroatoms. The second kappa shape index (κ2) is 8.25. The van der Waals surface area contributed by atoms with Crippen LogP contribution in [-0.4, -0.2) is 40.8 Å². The first-order valence-electron chi connectivity index (χ1n) is 7.97. The van der Waals surface area contributed by atoms with Crippen LogP contribution < -0.4 is 0 Å². The molecule has 1 aliphatic rings. The van der Waals surface area contributed by atoms with Gasteiger partial charge in [-0.1, -0.05) is 32.1 Å². The highest BCUT2D eigenvalue weighted by Crippen LogP contribution is 2.26. The SMILES string of the molecule is CC(C)(C)OC(=O)N(CCC(=O)O)CCC1CCCCC1. The van der Waals surface area contributed by atoms with Gasteiger partial charge in [0.25, 0.3) is 0 Å². The lowest BCUT2D eigenvalue weighted by atomic mass is 9.87. The average Bonchev–Trinajstić information content (AvgIpc) is 2.37. The molecule has 21 heavy (non-hydrogen) atoms. The quantitative estimate of drug-likeness (QED) is 0.812. The molecule has 0 atom stereocenters. The maximum atomic E-state index is 12.2. The fourth-order valence-corrected chi connectivity index (χ4v) is 2.67. The Morgan fingerprint density at radius 2 is 1.76 bits per heavy atom. The van der Waals surface area contributed by atoms with Gasteiger partial charge in [-0.25, -0.2) is 4.79 Å². The van der Waals surface area contributed by atoms with Crippen LogP contribution in [0.15, 0.2) is 0 Å². The molecule has 0 spiro atoms. The van der Waals surface area contributed by atoms with Crippen molar-refractivity contribution < 1.29 is 19.4 Å². The van der Waals surface area contributed by atoms with E-state index in [0.717, 1.165) is 6.42 Å². The van der Waals surface area contributed by atoms with E-state index in [0.29, 0.717) is 12.5 Å². The van der Waals surface area contributed by atoms with Gasteiger partial charge in [-0.2, -0.15) is 0 Å². The van der Waals surface area contributed by atoms with Crippen LogP contribution >= 0.6 is 0 Å². The number of aliphatic carboxylic acids is 1. The molecule has 1 amide bonds. The van der Waals surface area contributed by atoms with E-state index < -0.39 is 17.7 Å². The Hall–Kier alpha value is -1.26. The molecule has 1 N–H and O–H groups in total. The molecule has 0 aromatic carbocycles. The van der Waals surface area contributed by atoms with Crippen LogP contribution in [0.2, 0.25) is 0 Å². The normalized spacial score (nSPS) is 16.5. The van der Waals surface area contributed by atoms with Crippen LogP contribution in [0.3, 0.4) is 0 Å². The molecule has 0 heterocycles. The molecule has 1 rings (SSSR count). The molecule has 1 aliphatic carbocycles. The Balaban J connectivity index is 2.49. The molecule has 0 aromatic heterocycles. The summed E-state index contributed by atoms with van der Waals surface area (Å²) >= 11 is 0. The number of hydrogen-bond acceptors (Lipinski definition) is 3. The number of ether oxygens (including phenoxy) is 1. The summed E-state index contributed by atoms with van der Waals surface area (Å²) in [5.74, 6) is -0.227. The summed E-state index contributed by atoms with van der Waals surface area (Å²) in [4.78, 5) is 24.4. The number of rotatable bonds is 6. The Morgan fingerprint density at radius 3 is 2.29 bits per heavy atom. The van der Waals surface area contributed by atoms with Gasteiger partial charge in [-0.05, 0) is 33.1 Å². The predicted octanol–water partition coefficient (Wildman–Crippen LogP) is 3.67. The Labute approximate surface area is 127 Å². The minimum Gasteiger partial charge on any atom is -0.481 e. The van der Waals surface area contributed by atoms with Gasteiger partial charge in [-0.3, -0.25) is 4.79 Å². The Morgan fingerprint density at radius 1 is 1.14 bits per heavy atom. The summed E-state index contributed by atoms with van der Waals surface area (Å²) in [7, 11) is 0. The molecule has 0 aromatic rings. The van der Waals surface area contributed by atoms with Crippen LogP contribution in [-0.2, 0) is 9.53 Å². The molecule has 0 aliphatic heterocycles. The van der Waals surface area contributed by atoms with E-state index >= 15 is 0 Å². The van der Waals surface area contributed by atoms with Crippen molar-refractivity contribution in [1.29, 1.82) is 0 Å². The van der Waals surface area contributed by atoms with E-state index in [1.165, 1.54) is 32.1 Å². The summed E-state index contributed by atoms with van der Waals surface area (Å²) in [6.45, 7) is 6.27. The van der Waals surface area contributed by atoms with Crippen molar-refractivity contribution in [3.63, 3.8) is 0 Å². The fraction of sp³-hybridized carbons (Fsp3) is 0.875. The van der Waals surface area contributed by atoms with Crippen molar-refractivity contribution in [3.05, 3.63) is 0 Å². The molecular formula is C16H29NO4. The van der Waals surface area contributed by atoms with E-state index in [2.05, 4.69) is 0 Å². The highest BCUT2D eigenvalue weighted by atomic mass is 16.6. The average molecular weight is 299 g/mol. The van der Waals surface area contributed by atoms with E-state index in [4.69, 9.17) is 9.84 Å². The zero-order valence-electron chi connectivity index (χ0n) is 13.6. The zero-order valence-corrected chi connectivity index (χ0v) is 13.6. The van der Waals surface area contributed by atoms with Gasteiger partial charge >= 0.3 is 12.1 Å². The fourth-order valence-electron chi connectivity index (χ4n) is 2.67. The van der Waals surface area contributed by atoms with Crippen molar-refractivity contribution in [2.24, 2.45) is 5.92 Å². The maximum absolute atomic E-state index is 12.2. The predicted molar refractivity (Wildman–Crippen MR) is 81.3 cm³/mol. The maximum Gasteiger partial charge on any atom is 0.410 e. The second-order valence-electron chi connectivity index (χ2n) is 6.90. The van der Waals surface area contributed by atoms with Crippen molar-refractivity contribution in [2.45, 2.75) is 71.3 Å². The number of nitrogens with zero attached hydrogens (tertiary/aromatic N) is 1. The molecule has 0 radical (unpaired) electrons. The Kier molecular flexibility index (Phi) is 6.99. The van der Waals surface area contributed by atoms with E-state index in [1.807, 2.05) is 20.8 Å². The van der Waals surface area contributed by atoms with Crippen LogP contribution in [0.1, 0.15) is 65.7 Å². The lowest BCUT2D eigenvalue weighted by Crippen LogP contribution is -2.39. The van der Waals surface area contributed by atoms with Gasteiger partial charge in [0, 0.05) is 13.1 Å². The third-order valence-electron chi connectivity index (χ3n) is 3.78. The van der Waals surface area contributed by atoms with Gasteiger partial charge in [0.2, 0.25) is 0 Å². The molecular weight excluding hydrogens is 270 g/mol. The third kappa shape index (κ3) is 7.93. The smallest absolute Gasteiger partial charge is 0.410 e. The van der Waals surface area contributed by atoms with Gasteiger partial charge < -0.3 is 14.7 Å². The van der Waals surface area contributed by atoms with Crippen molar-refractivity contribution in [1.82, 2.24) is 4.90 Å². The molecule has 0 bridgehead atoms. The highest BCUT2D eigenvalue weighted by molar-refractivity contribution is 5.70. The summed E-state index contributed by atoms with van der Waals surface area (Å²) in [5.41, 5.74) is -0.552. The van der Waals surface area contributed by atoms with Crippen molar-refractivity contribution in [2.75, 3.05) is 13.1 Å². The topological polar surface area (TPSA) is 66.8 Å². The molecule has 1 fully saturated rings. The lowest BCUT2D eigenvalue weighted by Gasteiger charge is -2.29. The molecule has 0 unspecified atom stereocenters. The Bertz CT molecular complexity index is 343. The number of hydrogen-bond donors (Lipinski definition) is 1. The summed E-state index contributed by atoms with van der Waals surface area (Å²) in [6.07, 6.45) is 6.80. The first kappa shape index (κ1) is 17.8. The summed E-state index contributed by atoms with van der Waals surface area (Å²) in [5, 5.41) is 8.81. The van der Waals surface area contributed by atoms with Crippen LogP contribution in [0, 0.1) is 5.92 Å². The first-order chi connectivity index (χ1) is 9.78. The summed E-state index contributed by atoms with van der Waals surface area (Å²) in [6, 6.07) is 0. The molecule has 0 saturated heterocycles. The van der Waals surface area contributed by atoms with E-state index in [-0.39, 0.29) is 13.0 Å². The van der Waals surface area contributed by atoms with Gasteiger partial charge in [0.1, 0.15) is 5.60 Å². The van der Waals surface area contributed by atoms with E-state index in [9.17, 15) is 9.59 Å². The van der Waals surface area contributed by atoms with Crippen LogP contribution in [0.5, 0.6) is 0 Å². The van der Waals surface area contributed by atoms with Gasteiger partial charge in [0.05, 0.1) is 6.42 Å². The number of carbonyl (C=O) groups is 2. The third-order valence-corrected chi connectivity index (χ3v) is 3.78. The molecule has 5 nitrogen and oxygen atoms in total. The molecule has 122 valence electrons. The highest BCUT2D eigenvalue weighted by Gasteiger charge is 2.23. The molecule has 1 saturated carbocycles. The van der Waals surface area contributed by atoms with Crippen molar-refractivity contribution >= 4 is 12.1 Å². The first-order valence-corrected chi connectivity index (χ1v) is 7.97. The number of carbonyl (C=O) groups excluding carboxylic acids is 1. The number of carboxylic acid groups (broad SMARTS) is 1. The minimum absolute atomic E-state index is 0.0378. The minimum atomic E-state index is -0.888. The monoisotopic (exact) mass is 299 g/mol. The lowest BCUT2D eigenvalue weighted by molar-refractivity contribution is -0.137. The van der Waals surface area contributed by atoms with Crippen LogP contribution in [0.4, 0.5) is 4.79 Å². The van der Waals surface area contributed by atoms with Crippen LogP contribution in [0.25, 0.3) is 0 Å². The largest absolute Gasteiger partial charge is 0.481 e. The van der Waals surface area contributed by atoms with Crippen molar-refractivity contribution in [3.8, 4) is 0 Å². The second-order valence-corrected chi connectivity index (χ2v) is 6.90. The summed E-state index contributed by atoms with van der Waals surface area (Å²) < 4.78 is 5.37. The van der Waals surface area contributed by atoms with E-state index in [1.54, 1.807) is 4.90 Å². The zero-order chi connectivity index (χ0) is 15.9. The standard InChI is InChI=1S/C16H29NO4/c1-16(2,3)21-15(20)17(12-10-14(18)19)11-9-13-7-5-4-6-8-13/h13H,4-12H2,1-3H3,(H,18,19). The number of amides is 1. The van der Waals surface area contributed by atoms with Gasteiger partial charge in [0.15, 0.2) is 0 Å².